The first kappa shape index (κ1) is 16.3. The third kappa shape index (κ3) is 2.93. The predicted octanol–water partition coefficient (Wildman–Crippen LogP) is 3.51. The fourth-order valence-corrected chi connectivity index (χ4v) is 3.69. The van der Waals surface area contributed by atoms with Gasteiger partial charge in [-0.2, -0.15) is 0 Å². The molecule has 0 aromatic heterocycles. The smallest absolute Gasteiger partial charge is 0.0422 e. The van der Waals surface area contributed by atoms with Crippen LogP contribution < -0.4 is 10.6 Å². The van der Waals surface area contributed by atoms with E-state index in [0.717, 1.165) is 39.0 Å². The number of rotatable bonds is 8. The van der Waals surface area contributed by atoms with Gasteiger partial charge in [0.2, 0.25) is 0 Å². The van der Waals surface area contributed by atoms with E-state index in [1.807, 2.05) is 0 Å². The van der Waals surface area contributed by atoms with E-state index in [2.05, 4.69) is 62.6 Å². The topological polar surface area (TPSA) is 24.1 Å². The van der Waals surface area contributed by atoms with Crippen LogP contribution in [0.1, 0.15) is 50.8 Å². The minimum Gasteiger partial charge on any atom is -0.316 e. The molecule has 1 aromatic rings. The highest BCUT2D eigenvalue weighted by molar-refractivity contribution is 5.71. The normalized spacial score (nSPS) is 15.9. The molecule has 0 aliphatic heterocycles. The summed E-state index contributed by atoms with van der Waals surface area (Å²) < 4.78 is 0. The molecule has 1 aliphatic carbocycles. The summed E-state index contributed by atoms with van der Waals surface area (Å²) in [7, 11) is 0. The molecule has 0 fully saturated rings. The van der Waals surface area contributed by atoms with Gasteiger partial charge in [0, 0.05) is 18.5 Å². The Labute approximate surface area is 130 Å². The van der Waals surface area contributed by atoms with Crippen LogP contribution in [0.25, 0.3) is 6.08 Å². The molecule has 0 saturated heterocycles. The molecule has 0 radical (unpaired) electrons. The van der Waals surface area contributed by atoms with Crippen molar-refractivity contribution in [3.05, 3.63) is 40.5 Å². The average molecular weight is 286 g/mol. The average Bonchev–Trinajstić information content (AvgIpc) is 2.85. The molecule has 21 heavy (non-hydrogen) atoms. The van der Waals surface area contributed by atoms with Crippen LogP contribution in [0.4, 0.5) is 0 Å². The molecule has 116 valence electrons. The second kappa shape index (κ2) is 7.24. The maximum atomic E-state index is 3.62. The second-order valence-electron chi connectivity index (χ2n) is 5.90. The highest BCUT2D eigenvalue weighted by atomic mass is 14.9. The van der Waals surface area contributed by atoms with E-state index in [1.165, 1.54) is 11.1 Å². The fraction of sp³-hybridized carbons (Fsp3) is 0.579. The molecular formula is C19H30N2. The van der Waals surface area contributed by atoms with Crippen molar-refractivity contribution in [3.8, 4) is 0 Å². The Hall–Kier alpha value is -1.12. The standard InChI is InChI=1S/C19H30N2/c1-5-15-10-9-11-16-12-17(6-2)19(18(15)16,13-20-7-3)14-21-8-4/h9-12,20-21H,5-8,13-14H2,1-4H3. The first-order valence-corrected chi connectivity index (χ1v) is 8.48. The Balaban J connectivity index is 2.52. The molecule has 0 heterocycles. The Bertz CT molecular complexity index is 494. The summed E-state index contributed by atoms with van der Waals surface area (Å²) in [6.45, 7) is 13.0. The summed E-state index contributed by atoms with van der Waals surface area (Å²) >= 11 is 0. The zero-order chi connectivity index (χ0) is 15.3. The van der Waals surface area contributed by atoms with Crippen LogP contribution in [0.5, 0.6) is 0 Å². The Morgan fingerprint density at radius 2 is 1.57 bits per heavy atom. The number of hydrogen-bond acceptors (Lipinski definition) is 2. The van der Waals surface area contributed by atoms with Crippen molar-refractivity contribution >= 4 is 6.08 Å². The SMILES string of the molecule is CCNCC1(CNCC)C(CC)=Cc2cccc(CC)c21. The Morgan fingerprint density at radius 1 is 0.905 bits per heavy atom. The van der Waals surface area contributed by atoms with E-state index in [0.29, 0.717) is 0 Å². The van der Waals surface area contributed by atoms with Crippen LogP contribution in [-0.2, 0) is 11.8 Å². The summed E-state index contributed by atoms with van der Waals surface area (Å²) in [4.78, 5) is 0. The number of nitrogens with one attached hydrogen (secondary N) is 2. The van der Waals surface area contributed by atoms with Gasteiger partial charge in [-0.15, -0.1) is 0 Å². The van der Waals surface area contributed by atoms with Gasteiger partial charge >= 0.3 is 0 Å². The summed E-state index contributed by atoms with van der Waals surface area (Å²) in [5, 5.41) is 7.23. The molecule has 1 aliphatic rings. The van der Waals surface area contributed by atoms with Crippen molar-refractivity contribution in [2.24, 2.45) is 0 Å². The largest absolute Gasteiger partial charge is 0.316 e. The first-order chi connectivity index (χ1) is 10.2. The van der Waals surface area contributed by atoms with E-state index in [1.54, 1.807) is 11.1 Å². The zero-order valence-electron chi connectivity index (χ0n) is 14.1. The quantitative estimate of drug-likeness (QED) is 0.764. The van der Waals surface area contributed by atoms with E-state index in [4.69, 9.17) is 0 Å². The maximum absolute atomic E-state index is 3.62. The molecule has 0 bridgehead atoms. The second-order valence-corrected chi connectivity index (χ2v) is 5.90. The van der Waals surface area contributed by atoms with Crippen LogP contribution in [0.15, 0.2) is 23.8 Å². The van der Waals surface area contributed by atoms with Gasteiger partial charge in [0.25, 0.3) is 0 Å². The van der Waals surface area contributed by atoms with E-state index in [9.17, 15) is 0 Å². The number of aryl methyl sites for hydroxylation is 1. The van der Waals surface area contributed by atoms with Crippen molar-refractivity contribution in [1.29, 1.82) is 0 Å². The molecule has 1 aromatic carbocycles. The Morgan fingerprint density at radius 3 is 2.10 bits per heavy atom. The van der Waals surface area contributed by atoms with Crippen LogP contribution in [0.2, 0.25) is 0 Å². The molecule has 0 spiro atoms. The number of fused-ring (bicyclic) bond motifs is 1. The van der Waals surface area contributed by atoms with E-state index < -0.39 is 0 Å². The summed E-state index contributed by atoms with van der Waals surface area (Å²) in [6, 6.07) is 6.79. The van der Waals surface area contributed by atoms with Crippen LogP contribution in [0.3, 0.4) is 0 Å². The van der Waals surface area contributed by atoms with E-state index >= 15 is 0 Å². The van der Waals surface area contributed by atoms with Crippen molar-refractivity contribution in [2.75, 3.05) is 26.2 Å². The zero-order valence-corrected chi connectivity index (χ0v) is 14.1. The summed E-state index contributed by atoms with van der Waals surface area (Å²) in [5.41, 5.74) is 6.19. The summed E-state index contributed by atoms with van der Waals surface area (Å²) in [5.74, 6) is 0. The lowest BCUT2D eigenvalue weighted by molar-refractivity contribution is 0.429. The van der Waals surface area contributed by atoms with Crippen molar-refractivity contribution in [1.82, 2.24) is 10.6 Å². The number of benzene rings is 1. The Kier molecular flexibility index (Phi) is 5.60. The van der Waals surface area contributed by atoms with Gasteiger partial charge in [0.15, 0.2) is 0 Å². The van der Waals surface area contributed by atoms with Crippen molar-refractivity contribution in [3.63, 3.8) is 0 Å². The van der Waals surface area contributed by atoms with Crippen LogP contribution in [0, 0.1) is 0 Å². The lowest BCUT2D eigenvalue weighted by Crippen LogP contribution is -2.46. The minimum atomic E-state index is 0.128. The lowest BCUT2D eigenvalue weighted by Gasteiger charge is -2.36. The number of hydrogen-bond donors (Lipinski definition) is 2. The third-order valence-corrected chi connectivity index (χ3v) is 4.72. The molecule has 0 saturated carbocycles. The van der Waals surface area contributed by atoms with Gasteiger partial charge in [-0.3, -0.25) is 0 Å². The van der Waals surface area contributed by atoms with Gasteiger partial charge in [-0.25, -0.2) is 0 Å². The molecule has 0 unspecified atom stereocenters. The molecule has 0 amide bonds. The van der Waals surface area contributed by atoms with Gasteiger partial charge < -0.3 is 10.6 Å². The molecule has 2 nitrogen and oxygen atoms in total. The van der Waals surface area contributed by atoms with Crippen LogP contribution >= 0.6 is 0 Å². The van der Waals surface area contributed by atoms with E-state index in [-0.39, 0.29) is 5.41 Å². The molecular weight excluding hydrogens is 256 g/mol. The van der Waals surface area contributed by atoms with Gasteiger partial charge in [0.1, 0.15) is 0 Å². The monoisotopic (exact) mass is 286 g/mol. The van der Waals surface area contributed by atoms with Gasteiger partial charge in [-0.1, -0.05) is 57.5 Å². The minimum absolute atomic E-state index is 0.128. The molecule has 0 atom stereocenters. The third-order valence-electron chi connectivity index (χ3n) is 4.72. The summed E-state index contributed by atoms with van der Waals surface area (Å²) in [6.07, 6.45) is 4.66. The molecule has 2 rings (SSSR count). The van der Waals surface area contributed by atoms with Crippen molar-refractivity contribution < 1.29 is 0 Å². The highest BCUT2D eigenvalue weighted by Gasteiger charge is 2.41. The molecule has 2 heteroatoms. The number of likely N-dealkylation sites (N-methyl/N-ethyl adjacent to an activating group) is 2. The van der Waals surface area contributed by atoms with Gasteiger partial charge in [-0.05, 0) is 42.6 Å². The van der Waals surface area contributed by atoms with Gasteiger partial charge in [0.05, 0.1) is 0 Å². The molecule has 2 N–H and O–H groups in total. The first-order valence-electron chi connectivity index (χ1n) is 8.48. The highest BCUT2D eigenvalue weighted by Crippen LogP contribution is 2.44. The van der Waals surface area contributed by atoms with Crippen LogP contribution in [-0.4, -0.2) is 26.2 Å². The van der Waals surface area contributed by atoms with Crippen molar-refractivity contribution in [2.45, 2.75) is 46.0 Å². The lowest BCUT2D eigenvalue weighted by atomic mass is 9.73. The maximum Gasteiger partial charge on any atom is 0.0422 e. The fourth-order valence-electron chi connectivity index (χ4n) is 3.69. The predicted molar refractivity (Wildman–Crippen MR) is 92.9 cm³/mol.